The van der Waals surface area contributed by atoms with Crippen LogP contribution in [0.1, 0.15) is 33.1 Å². The summed E-state index contributed by atoms with van der Waals surface area (Å²) in [7, 11) is 0. The van der Waals surface area contributed by atoms with Crippen LogP contribution < -0.4 is 0 Å². The summed E-state index contributed by atoms with van der Waals surface area (Å²) < 4.78 is 0. The number of aliphatic carboxylic acids is 1. The summed E-state index contributed by atoms with van der Waals surface area (Å²) in [5, 5.41) is 26.6. The van der Waals surface area contributed by atoms with E-state index in [1.807, 2.05) is 0 Å². The molecule has 4 heteroatoms. The molecule has 0 aromatic heterocycles. The van der Waals surface area contributed by atoms with Crippen LogP contribution in [0.2, 0.25) is 0 Å². The lowest BCUT2D eigenvalue weighted by Gasteiger charge is -2.22. The summed E-state index contributed by atoms with van der Waals surface area (Å²) in [5.41, 5.74) is -0.894. The van der Waals surface area contributed by atoms with E-state index in [0.717, 1.165) is 0 Å². The minimum absolute atomic E-state index is 0.0323. The lowest BCUT2D eigenvalue weighted by molar-refractivity contribution is -0.148. The molecule has 0 fully saturated rings. The van der Waals surface area contributed by atoms with Gasteiger partial charge in [-0.1, -0.05) is 0 Å². The fraction of sp³-hybridized carbons (Fsp3) is 0.889. The number of carboxylic acid groups (broad SMARTS) is 1. The zero-order chi connectivity index (χ0) is 10.5. The van der Waals surface area contributed by atoms with Crippen molar-refractivity contribution in [3.05, 3.63) is 0 Å². The Hall–Kier alpha value is -0.610. The van der Waals surface area contributed by atoms with Crippen molar-refractivity contribution in [2.75, 3.05) is 6.61 Å². The Labute approximate surface area is 78.2 Å². The third-order valence-electron chi connectivity index (χ3n) is 2.02. The van der Waals surface area contributed by atoms with E-state index in [4.69, 9.17) is 10.2 Å². The van der Waals surface area contributed by atoms with Crippen LogP contribution in [-0.4, -0.2) is 34.0 Å². The first-order valence-electron chi connectivity index (χ1n) is 4.42. The highest BCUT2D eigenvalue weighted by atomic mass is 16.4. The molecule has 0 aliphatic carbocycles. The van der Waals surface area contributed by atoms with Gasteiger partial charge in [-0.15, -0.1) is 0 Å². The lowest BCUT2D eigenvalue weighted by Crippen LogP contribution is -2.28. The minimum Gasteiger partial charge on any atom is -0.481 e. The molecule has 4 nitrogen and oxygen atoms in total. The summed E-state index contributed by atoms with van der Waals surface area (Å²) in [5.74, 6) is -0.907. The molecule has 0 aliphatic rings. The molecule has 0 radical (unpaired) electrons. The zero-order valence-electron chi connectivity index (χ0n) is 8.16. The standard InChI is InChI=1S/C9H18O4/c1-9(2,8(12)13)6-7(11)4-3-5-10/h7,10-11H,3-6H2,1-2H3,(H,12,13). The highest BCUT2D eigenvalue weighted by Gasteiger charge is 2.29. The van der Waals surface area contributed by atoms with Gasteiger partial charge in [0.1, 0.15) is 0 Å². The van der Waals surface area contributed by atoms with Crippen molar-refractivity contribution in [3.8, 4) is 0 Å². The lowest BCUT2D eigenvalue weighted by atomic mass is 9.86. The Morgan fingerprint density at radius 3 is 2.38 bits per heavy atom. The van der Waals surface area contributed by atoms with Crippen molar-refractivity contribution < 1.29 is 20.1 Å². The average molecular weight is 190 g/mol. The summed E-state index contributed by atoms with van der Waals surface area (Å²) in [6.07, 6.45) is 0.546. The zero-order valence-corrected chi connectivity index (χ0v) is 8.16. The maximum Gasteiger partial charge on any atom is 0.309 e. The van der Waals surface area contributed by atoms with Crippen LogP contribution in [0.3, 0.4) is 0 Å². The van der Waals surface area contributed by atoms with E-state index >= 15 is 0 Å². The summed E-state index contributed by atoms with van der Waals surface area (Å²) in [4.78, 5) is 10.7. The van der Waals surface area contributed by atoms with Crippen molar-refractivity contribution >= 4 is 5.97 Å². The highest BCUT2D eigenvalue weighted by molar-refractivity contribution is 5.73. The molecular formula is C9H18O4. The Morgan fingerprint density at radius 2 is 2.00 bits per heavy atom. The number of hydrogen-bond donors (Lipinski definition) is 3. The topological polar surface area (TPSA) is 77.8 Å². The summed E-state index contributed by atoms with van der Waals surface area (Å²) in [6, 6.07) is 0. The van der Waals surface area contributed by atoms with Crippen LogP contribution in [-0.2, 0) is 4.79 Å². The molecule has 0 saturated heterocycles. The molecule has 3 N–H and O–H groups in total. The SMILES string of the molecule is CC(C)(CC(O)CCCO)C(=O)O. The quantitative estimate of drug-likeness (QED) is 0.573. The molecule has 0 aromatic carbocycles. The number of rotatable bonds is 6. The van der Waals surface area contributed by atoms with Crippen LogP contribution >= 0.6 is 0 Å². The molecule has 13 heavy (non-hydrogen) atoms. The van der Waals surface area contributed by atoms with Gasteiger partial charge < -0.3 is 15.3 Å². The second-order valence-electron chi connectivity index (χ2n) is 3.91. The summed E-state index contributed by atoms with van der Waals surface area (Å²) >= 11 is 0. The third-order valence-corrected chi connectivity index (χ3v) is 2.02. The molecule has 1 unspecified atom stereocenters. The molecule has 1 atom stereocenters. The number of carboxylic acids is 1. The largest absolute Gasteiger partial charge is 0.481 e. The van der Waals surface area contributed by atoms with Gasteiger partial charge in [0.2, 0.25) is 0 Å². The van der Waals surface area contributed by atoms with Crippen LogP contribution in [0.4, 0.5) is 0 Å². The second-order valence-corrected chi connectivity index (χ2v) is 3.91. The van der Waals surface area contributed by atoms with E-state index in [2.05, 4.69) is 0 Å². The molecule has 0 saturated carbocycles. The molecule has 0 aliphatic heterocycles. The molecule has 0 rings (SSSR count). The molecule has 0 bridgehead atoms. The molecular weight excluding hydrogens is 172 g/mol. The Bertz CT molecular complexity index is 165. The van der Waals surface area contributed by atoms with E-state index in [9.17, 15) is 9.90 Å². The van der Waals surface area contributed by atoms with Gasteiger partial charge in [-0.25, -0.2) is 0 Å². The van der Waals surface area contributed by atoms with Gasteiger partial charge in [0.15, 0.2) is 0 Å². The minimum atomic E-state index is -0.907. The van der Waals surface area contributed by atoms with Crippen LogP contribution in [0.15, 0.2) is 0 Å². The number of hydrogen-bond acceptors (Lipinski definition) is 3. The maximum atomic E-state index is 10.7. The van der Waals surface area contributed by atoms with Crippen LogP contribution in [0.25, 0.3) is 0 Å². The fourth-order valence-electron chi connectivity index (χ4n) is 1.11. The van der Waals surface area contributed by atoms with Gasteiger partial charge in [-0.3, -0.25) is 4.79 Å². The predicted octanol–water partition coefficient (Wildman–Crippen LogP) is 0.621. The molecule has 0 spiro atoms. The van der Waals surface area contributed by atoms with Gasteiger partial charge >= 0.3 is 5.97 Å². The second kappa shape index (κ2) is 5.19. The molecule has 0 amide bonds. The van der Waals surface area contributed by atoms with E-state index in [1.54, 1.807) is 13.8 Å². The predicted molar refractivity (Wildman–Crippen MR) is 48.4 cm³/mol. The Morgan fingerprint density at radius 1 is 1.46 bits per heavy atom. The maximum absolute atomic E-state index is 10.7. The first kappa shape index (κ1) is 12.4. The summed E-state index contributed by atoms with van der Waals surface area (Å²) in [6.45, 7) is 3.19. The van der Waals surface area contributed by atoms with E-state index in [-0.39, 0.29) is 13.0 Å². The van der Waals surface area contributed by atoms with E-state index in [0.29, 0.717) is 12.8 Å². The highest BCUT2D eigenvalue weighted by Crippen LogP contribution is 2.23. The van der Waals surface area contributed by atoms with Gasteiger partial charge in [0, 0.05) is 6.61 Å². The Balaban J connectivity index is 3.89. The smallest absolute Gasteiger partial charge is 0.309 e. The molecule has 0 heterocycles. The molecule has 78 valence electrons. The number of aliphatic hydroxyl groups is 2. The van der Waals surface area contributed by atoms with E-state index < -0.39 is 17.5 Å². The monoisotopic (exact) mass is 190 g/mol. The van der Waals surface area contributed by atoms with Crippen molar-refractivity contribution in [1.29, 1.82) is 0 Å². The van der Waals surface area contributed by atoms with Crippen molar-refractivity contribution in [1.82, 2.24) is 0 Å². The van der Waals surface area contributed by atoms with E-state index in [1.165, 1.54) is 0 Å². The number of carbonyl (C=O) groups is 1. The first-order chi connectivity index (χ1) is 5.90. The normalized spacial score (nSPS) is 14.2. The van der Waals surface area contributed by atoms with Crippen molar-refractivity contribution in [2.24, 2.45) is 5.41 Å². The van der Waals surface area contributed by atoms with Crippen molar-refractivity contribution in [3.63, 3.8) is 0 Å². The van der Waals surface area contributed by atoms with Gasteiger partial charge in [-0.2, -0.15) is 0 Å². The molecule has 0 aromatic rings. The van der Waals surface area contributed by atoms with Crippen LogP contribution in [0.5, 0.6) is 0 Å². The van der Waals surface area contributed by atoms with Gasteiger partial charge in [0.05, 0.1) is 11.5 Å². The van der Waals surface area contributed by atoms with Gasteiger partial charge in [0.25, 0.3) is 0 Å². The first-order valence-corrected chi connectivity index (χ1v) is 4.42. The number of aliphatic hydroxyl groups excluding tert-OH is 2. The van der Waals surface area contributed by atoms with Crippen LogP contribution in [0, 0.1) is 5.41 Å². The average Bonchev–Trinajstić information content (AvgIpc) is 1.99. The third kappa shape index (κ3) is 4.85. The fourth-order valence-corrected chi connectivity index (χ4v) is 1.11. The van der Waals surface area contributed by atoms with Gasteiger partial charge in [-0.05, 0) is 33.1 Å². The van der Waals surface area contributed by atoms with Crippen molar-refractivity contribution in [2.45, 2.75) is 39.2 Å². The Kier molecular flexibility index (Phi) is 4.95.